The summed E-state index contributed by atoms with van der Waals surface area (Å²) in [5.41, 5.74) is 0.225. The predicted molar refractivity (Wildman–Crippen MR) is 80.1 cm³/mol. The lowest BCUT2D eigenvalue weighted by atomic mass is 10.2. The van der Waals surface area contributed by atoms with Gasteiger partial charge in [-0.2, -0.15) is 0 Å². The minimum Gasteiger partial charge on any atom is -0.496 e. The van der Waals surface area contributed by atoms with E-state index in [1.165, 1.54) is 24.5 Å². The highest BCUT2D eigenvalue weighted by Crippen LogP contribution is 2.16. The lowest BCUT2D eigenvalue weighted by Gasteiger charge is -2.08. The second-order valence-electron chi connectivity index (χ2n) is 4.13. The summed E-state index contributed by atoms with van der Waals surface area (Å²) in [4.78, 5) is 35.6. The number of methoxy groups -OCH3 is 1. The summed E-state index contributed by atoms with van der Waals surface area (Å²) >= 11 is 1.21. The molecule has 6 nitrogen and oxygen atoms in total. The molecule has 0 aliphatic carbocycles. The third-order valence-electron chi connectivity index (χ3n) is 2.66. The van der Waals surface area contributed by atoms with E-state index in [1.807, 2.05) is 0 Å². The zero-order chi connectivity index (χ0) is 15.9. The Hall–Kier alpha value is -2.67. The summed E-state index contributed by atoms with van der Waals surface area (Å²) in [7, 11) is 1.43. The molecule has 0 saturated carbocycles. The molecule has 0 saturated heterocycles. The van der Waals surface area contributed by atoms with Gasteiger partial charge < -0.3 is 9.47 Å². The minimum atomic E-state index is -0.708. The summed E-state index contributed by atoms with van der Waals surface area (Å²) in [6, 6.07) is 9.78. The number of hydrogen-bond donors (Lipinski definition) is 1. The van der Waals surface area contributed by atoms with Gasteiger partial charge in [0.15, 0.2) is 6.61 Å². The van der Waals surface area contributed by atoms with Crippen LogP contribution in [0.15, 0.2) is 41.8 Å². The van der Waals surface area contributed by atoms with Crippen molar-refractivity contribution in [2.75, 3.05) is 13.7 Å². The fraction of sp³-hybridized carbons (Fsp3) is 0.133. The second-order valence-corrected chi connectivity index (χ2v) is 5.08. The number of ether oxygens (including phenoxy) is 2. The van der Waals surface area contributed by atoms with Crippen molar-refractivity contribution in [2.24, 2.45) is 0 Å². The number of nitrogens with one attached hydrogen (secondary N) is 1. The molecule has 0 atom stereocenters. The van der Waals surface area contributed by atoms with Crippen LogP contribution in [0.3, 0.4) is 0 Å². The fourth-order valence-electron chi connectivity index (χ4n) is 1.66. The van der Waals surface area contributed by atoms with E-state index in [0.29, 0.717) is 10.6 Å². The van der Waals surface area contributed by atoms with Crippen LogP contribution < -0.4 is 10.1 Å². The highest BCUT2D eigenvalue weighted by molar-refractivity contribution is 7.11. The predicted octanol–water partition coefficient (Wildman–Crippen LogP) is 1.87. The smallest absolute Gasteiger partial charge is 0.348 e. The van der Waals surface area contributed by atoms with Crippen LogP contribution in [0.25, 0.3) is 0 Å². The monoisotopic (exact) mass is 319 g/mol. The highest BCUT2D eigenvalue weighted by atomic mass is 32.1. The van der Waals surface area contributed by atoms with Gasteiger partial charge in [0, 0.05) is 0 Å². The van der Waals surface area contributed by atoms with Gasteiger partial charge >= 0.3 is 5.97 Å². The quantitative estimate of drug-likeness (QED) is 0.851. The highest BCUT2D eigenvalue weighted by Gasteiger charge is 2.16. The average molecular weight is 319 g/mol. The summed E-state index contributed by atoms with van der Waals surface area (Å²) in [5.74, 6) is -1.58. The molecule has 0 radical (unpaired) electrons. The van der Waals surface area contributed by atoms with Crippen LogP contribution in [0.4, 0.5) is 0 Å². The molecular weight excluding hydrogens is 306 g/mol. The van der Waals surface area contributed by atoms with Crippen LogP contribution in [0.1, 0.15) is 20.0 Å². The molecule has 1 N–H and O–H groups in total. The first-order valence-electron chi connectivity index (χ1n) is 6.29. The maximum absolute atomic E-state index is 12.0. The molecule has 0 aliphatic rings. The molecule has 1 heterocycles. The van der Waals surface area contributed by atoms with Gasteiger partial charge in [0.05, 0.1) is 12.7 Å². The fourth-order valence-corrected chi connectivity index (χ4v) is 2.28. The number of carbonyl (C=O) groups is 3. The van der Waals surface area contributed by atoms with Crippen molar-refractivity contribution in [1.29, 1.82) is 0 Å². The number of esters is 1. The van der Waals surface area contributed by atoms with Gasteiger partial charge in [-0.05, 0) is 23.6 Å². The number of benzene rings is 1. The molecule has 0 aliphatic heterocycles. The van der Waals surface area contributed by atoms with Gasteiger partial charge in [-0.3, -0.25) is 14.9 Å². The zero-order valence-corrected chi connectivity index (χ0v) is 12.5. The maximum atomic E-state index is 12.0. The molecule has 0 spiro atoms. The lowest BCUT2D eigenvalue weighted by molar-refractivity contribution is -0.123. The van der Waals surface area contributed by atoms with E-state index >= 15 is 0 Å². The second kappa shape index (κ2) is 7.37. The van der Waals surface area contributed by atoms with Crippen molar-refractivity contribution in [3.63, 3.8) is 0 Å². The van der Waals surface area contributed by atoms with Crippen LogP contribution >= 0.6 is 11.3 Å². The third-order valence-corrected chi connectivity index (χ3v) is 3.51. The number of rotatable bonds is 5. The van der Waals surface area contributed by atoms with Gasteiger partial charge in [-0.25, -0.2) is 4.79 Å². The maximum Gasteiger partial charge on any atom is 0.348 e. The molecule has 0 unspecified atom stereocenters. The summed E-state index contributed by atoms with van der Waals surface area (Å²) < 4.78 is 9.86. The largest absolute Gasteiger partial charge is 0.496 e. The van der Waals surface area contributed by atoms with E-state index in [1.54, 1.807) is 35.7 Å². The van der Waals surface area contributed by atoms with Crippen LogP contribution in [-0.2, 0) is 9.53 Å². The van der Waals surface area contributed by atoms with Gasteiger partial charge in [0.1, 0.15) is 10.6 Å². The van der Waals surface area contributed by atoms with Crippen molar-refractivity contribution < 1.29 is 23.9 Å². The van der Waals surface area contributed by atoms with E-state index in [4.69, 9.17) is 9.47 Å². The number of imide groups is 1. The van der Waals surface area contributed by atoms with Gasteiger partial charge in [-0.1, -0.05) is 18.2 Å². The number of carbonyl (C=O) groups excluding carboxylic acids is 3. The molecule has 2 rings (SSSR count). The van der Waals surface area contributed by atoms with Crippen molar-refractivity contribution in [3.05, 3.63) is 52.2 Å². The van der Waals surface area contributed by atoms with Crippen molar-refractivity contribution in [1.82, 2.24) is 5.32 Å². The van der Waals surface area contributed by atoms with Crippen LogP contribution in [0.5, 0.6) is 5.75 Å². The molecule has 7 heteroatoms. The Balaban J connectivity index is 1.89. The first-order chi connectivity index (χ1) is 10.6. The molecule has 22 heavy (non-hydrogen) atoms. The first kappa shape index (κ1) is 15.7. The number of amides is 2. The summed E-state index contributed by atoms with van der Waals surface area (Å²) in [5, 5.41) is 3.86. The van der Waals surface area contributed by atoms with Gasteiger partial charge in [-0.15, -0.1) is 11.3 Å². The van der Waals surface area contributed by atoms with E-state index in [-0.39, 0.29) is 5.56 Å². The summed E-state index contributed by atoms with van der Waals surface area (Å²) in [6.07, 6.45) is 0. The topological polar surface area (TPSA) is 81.7 Å². The van der Waals surface area contributed by atoms with E-state index in [2.05, 4.69) is 5.32 Å². The van der Waals surface area contributed by atoms with Crippen molar-refractivity contribution in [2.45, 2.75) is 0 Å². The van der Waals surface area contributed by atoms with E-state index in [9.17, 15) is 14.4 Å². The van der Waals surface area contributed by atoms with Gasteiger partial charge in [0.2, 0.25) is 0 Å². The Morgan fingerprint density at radius 3 is 2.59 bits per heavy atom. The molecule has 0 fully saturated rings. The third kappa shape index (κ3) is 3.92. The Morgan fingerprint density at radius 1 is 1.14 bits per heavy atom. The number of para-hydroxylation sites is 1. The first-order valence-corrected chi connectivity index (χ1v) is 7.17. The summed E-state index contributed by atoms with van der Waals surface area (Å²) in [6.45, 7) is -0.530. The van der Waals surface area contributed by atoms with Crippen molar-refractivity contribution >= 4 is 29.1 Å². The zero-order valence-electron chi connectivity index (χ0n) is 11.7. The SMILES string of the molecule is COc1ccccc1C(=O)NC(=O)COC(=O)c1cccs1. The number of thiophene rings is 1. The van der Waals surface area contributed by atoms with Crippen LogP contribution in [-0.4, -0.2) is 31.5 Å². The standard InChI is InChI=1S/C15H13NO5S/c1-20-11-6-3-2-5-10(11)14(18)16-13(17)9-21-15(19)12-7-4-8-22-12/h2-8H,9H2,1H3,(H,16,17,18). The normalized spacial score (nSPS) is 9.86. The molecule has 0 bridgehead atoms. The van der Waals surface area contributed by atoms with Crippen molar-refractivity contribution in [3.8, 4) is 5.75 Å². The Labute approximate surface area is 130 Å². The Morgan fingerprint density at radius 2 is 1.91 bits per heavy atom. The van der Waals surface area contributed by atoms with Crippen LogP contribution in [0.2, 0.25) is 0 Å². The molecule has 1 aromatic heterocycles. The Kier molecular flexibility index (Phi) is 5.26. The molecular formula is C15H13NO5S. The lowest BCUT2D eigenvalue weighted by Crippen LogP contribution is -2.34. The minimum absolute atomic E-state index is 0.225. The van der Waals surface area contributed by atoms with E-state index in [0.717, 1.165) is 0 Å². The molecule has 2 aromatic rings. The molecule has 114 valence electrons. The molecule has 2 amide bonds. The number of hydrogen-bond acceptors (Lipinski definition) is 6. The van der Waals surface area contributed by atoms with Gasteiger partial charge in [0.25, 0.3) is 11.8 Å². The van der Waals surface area contributed by atoms with E-state index < -0.39 is 24.4 Å². The Bertz CT molecular complexity index is 681. The molecule has 1 aromatic carbocycles. The van der Waals surface area contributed by atoms with Crippen LogP contribution in [0, 0.1) is 0 Å². The average Bonchev–Trinajstić information content (AvgIpc) is 3.07.